The Morgan fingerprint density at radius 2 is 2.25 bits per heavy atom. The number of thiazole rings is 1. The van der Waals surface area contributed by atoms with Gasteiger partial charge in [-0.25, -0.2) is 4.98 Å². The molecule has 0 radical (unpaired) electrons. The van der Waals surface area contributed by atoms with E-state index in [0.717, 1.165) is 12.2 Å². The van der Waals surface area contributed by atoms with Gasteiger partial charge in [-0.15, -0.1) is 17.9 Å². The monoisotopic (exact) mass is 290 g/mol. The van der Waals surface area contributed by atoms with Crippen molar-refractivity contribution in [2.24, 2.45) is 5.92 Å². The molecule has 1 aliphatic rings. The molecule has 1 aromatic rings. The van der Waals surface area contributed by atoms with E-state index in [0.29, 0.717) is 12.5 Å². The van der Waals surface area contributed by atoms with E-state index in [1.165, 1.54) is 43.4 Å². The van der Waals surface area contributed by atoms with E-state index in [2.05, 4.69) is 11.6 Å². The molecule has 0 spiro atoms. The molecule has 0 bridgehead atoms. The molecule has 0 saturated heterocycles. The molecule has 1 aromatic heterocycles. The van der Waals surface area contributed by atoms with E-state index >= 15 is 0 Å². The highest BCUT2D eigenvalue weighted by molar-refractivity contribution is 7.07. The summed E-state index contributed by atoms with van der Waals surface area (Å²) in [4.78, 5) is 18.3. The van der Waals surface area contributed by atoms with Crippen LogP contribution in [-0.4, -0.2) is 28.9 Å². The summed E-state index contributed by atoms with van der Waals surface area (Å²) >= 11 is 1.53. The van der Waals surface area contributed by atoms with Gasteiger partial charge in [0.2, 0.25) is 5.91 Å². The number of amides is 1. The Morgan fingerprint density at radius 1 is 1.45 bits per heavy atom. The number of carbonyl (C=O) groups is 1. The molecular formula is C16H22N2OS. The Labute approximate surface area is 125 Å². The zero-order chi connectivity index (χ0) is 14.2. The van der Waals surface area contributed by atoms with Gasteiger partial charge < -0.3 is 4.90 Å². The summed E-state index contributed by atoms with van der Waals surface area (Å²) in [6.45, 7) is 5.23. The second-order valence-electron chi connectivity index (χ2n) is 5.28. The van der Waals surface area contributed by atoms with Gasteiger partial charge in [-0.2, -0.15) is 0 Å². The van der Waals surface area contributed by atoms with Gasteiger partial charge in [-0.05, 0) is 24.8 Å². The van der Waals surface area contributed by atoms with Crippen molar-refractivity contribution >= 4 is 23.3 Å². The second-order valence-corrected chi connectivity index (χ2v) is 6.00. The Kier molecular flexibility index (Phi) is 5.99. The fourth-order valence-corrected chi connectivity index (χ4v) is 3.18. The molecule has 0 N–H and O–H groups in total. The highest BCUT2D eigenvalue weighted by atomic mass is 32.1. The summed E-state index contributed by atoms with van der Waals surface area (Å²) in [6, 6.07) is 0. The van der Waals surface area contributed by atoms with Crippen molar-refractivity contribution in [1.82, 2.24) is 9.88 Å². The third-order valence-electron chi connectivity index (χ3n) is 3.71. The quantitative estimate of drug-likeness (QED) is 0.590. The average Bonchev–Trinajstić information content (AvgIpc) is 2.99. The van der Waals surface area contributed by atoms with Crippen LogP contribution in [0.4, 0.5) is 0 Å². The maximum absolute atomic E-state index is 12.3. The van der Waals surface area contributed by atoms with Gasteiger partial charge in [0.1, 0.15) is 0 Å². The van der Waals surface area contributed by atoms with Gasteiger partial charge in [0.15, 0.2) is 0 Å². The molecular weight excluding hydrogens is 268 g/mol. The minimum absolute atomic E-state index is 0.0588. The molecule has 1 amide bonds. The number of rotatable bonds is 6. The first-order chi connectivity index (χ1) is 9.79. The highest BCUT2D eigenvalue weighted by Gasteiger charge is 2.18. The van der Waals surface area contributed by atoms with Crippen molar-refractivity contribution in [3.05, 3.63) is 35.3 Å². The number of nitrogens with zero attached hydrogens (tertiary/aromatic N) is 2. The molecule has 0 aromatic carbocycles. The summed E-state index contributed by atoms with van der Waals surface area (Å²) in [5, 5.41) is 1.93. The Bertz CT molecular complexity index is 447. The predicted molar refractivity (Wildman–Crippen MR) is 84.5 cm³/mol. The smallest absolute Gasteiger partial charge is 0.246 e. The lowest BCUT2D eigenvalue weighted by atomic mass is 9.89. The lowest BCUT2D eigenvalue weighted by Gasteiger charge is -2.28. The first-order valence-corrected chi connectivity index (χ1v) is 8.20. The van der Waals surface area contributed by atoms with Crippen LogP contribution in [0, 0.1) is 5.92 Å². The standard InChI is InChI=1S/C16H22N2OS/c1-2-10-18(11-14-6-4-3-5-7-14)16(19)9-8-15-12-20-13-17-15/h2,8-9,12-14H,1,3-7,10-11H2/b9-8+. The molecule has 1 heterocycles. The third kappa shape index (κ3) is 4.60. The Hall–Kier alpha value is -1.42. The second kappa shape index (κ2) is 8.00. The molecule has 0 aliphatic heterocycles. The zero-order valence-corrected chi connectivity index (χ0v) is 12.6. The summed E-state index contributed by atoms with van der Waals surface area (Å²) in [5.74, 6) is 0.712. The molecule has 3 nitrogen and oxygen atoms in total. The lowest BCUT2D eigenvalue weighted by molar-refractivity contribution is -0.126. The van der Waals surface area contributed by atoms with E-state index in [1.54, 1.807) is 23.7 Å². The maximum Gasteiger partial charge on any atom is 0.246 e. The third-order valence-corrected chi connectivity index (χ3v) is 4.32. The summed E-state index contributed by atoms with van der Waals surface area (Å²) < 4.78 is 0. The van der Waals surface area contributed by atoms with Gasteiger partial charge in [0.05, 0.1) is 11.2 Å². The van der Waals surface area contributed by atoms with E-state index < -0.39 is 0 Å². The van der Waals surface area contributed by atoms with Crippen LogP contribution in [0.1, 0.15) is 37.8 Å². The van der Waals surface area contributed by atoms with E-state index in [-0.39, 0.29) is 5.91 Å². The Morgan fingerprint density at radius 3 is 2.90 bits per heavy atom. The van der Waals surface area contributed by atoms with Gasteiger partial charge in [0.25, 0.3) is 0 Å². The SMILES string of the molecule is C=CCN(CC1CCCCC1)C(=O)/C=C/c1cscn1. The normalized spacial score (nSPS) is 16.4. The van der Waals surface area contributed by atoms with E-state index in [4.69, 9.17) is 0 Å². The molecule has 20 heavy (non-hydrogen) atoms. The topological polar surface area (TPSA) is 33.2 Å². The molecule has 1 aliphatic carbocycles. The number of hydrogen-bond donors (Lipinski definition) is 0. The summed E-state index contributed by atoms with van der Waals surface area (Å²) in [5.41, 5.74) is 2.62. The average molecular weight is 290 g/mol. The first kappa shape index (κ1) is 15.0. The molecule has 1 fully saturated rings. The van der Waals surface area contributed by atoms with Crippen molar-refractivity contribution < 1.29 is 4.79 Å². The first-order valence-electron chi connectivity index (χ1n) is 7.25. The van der Waals surface area contributed by atoms with Crippen molar-refractivity contribution in [2.75, 3.05) is 13.1 Å². The van der Waals surface area contributed by atoms with Gasteiger partial charge in [-0.1, -0.05) is 25.3 Å². The number of carbonyl (C=O) groups excluding carboxylic acids is 1. The van der Waals surface area contributed by atoms with E-state index in [1.807, 2.05) is 10.3 Å². The van der Waals surface area contributed by atoms with Crippen LogP contribution in [-0.2, 0) is 4.79 Å². The minimum atomic E-state index is 0.0588. The largest absolute Gasteiger partial charge is 0.335 e. The van der Waals surface area contributed by atoms with Crippen LogP contribution in [0.25, 0.3) is 6.08 Å². The van der Waals surface area contributed by atoms with Crippen molar-refractivity contribution in [3.63, 3.8) is 0 Å². The van der Waals surface area contributed by atoms with E-state index in [9.17, 15) is 4.79 Å². The minimum Gasteiger partial charge on any atom is -0.335 e. The Balaban J connectivity index is 1.92. The van der Waals surface area contributed by atoms with Crippen molar-refractivity contribution in [2.45, 2.75) is 32.1 Å². The maximum atomic E-state index is 12.3. The zero-order valence-electron chi connectivity index (χ0n) is 11.8. The molecule has 4 heteroatoms. The number of hydrogen-bond acceptors (Lipinski definition) is 3. The van der Waals surface area contributed by atoms with Crippen molar-refractivity contribution in [1.29, 1.82) is 0 Å². The van der Waals surface area contributed by atoms with Gasteiger partial charge in [-0.3, -0.25) is 4.79 Å². The van der Waals surface area contributed by atoms with Crippen LogP contribution in [0.15, 0.2) is 29.6 Å². The number of aromatic nitrogens is 1. The lowest BCUT2D eigenvalue weighted by Crippen LogP contribution is -2.35. The molecule has 108 valence electrons. The van der Waals surface area contributed by atoms with Crippen LogP contribution in [0.3, 0.4) is 0 Å². The van der Waals surface area contributed by atoms with Gasteiger partial charge in [0, 0.05) is 24.5 Å². The predicted octanol–water partition coefficient (Wildman–Crippen LogP) is 3.75. The molecule has 0 atom stereocenters. The van der Waals surface area contributed by atoms with Crippen LogP contribution >= 0.6 is 11.3 Å². The molecule has 1 saturated carbocycles. The highest BCUT2D eigenvalue weighted by Crippen LogP contribution is 2.24. The van der Waals surface area contributed by atoms with Crippen molar-refractivity contribution in [3.8, 4) is 0 Å². The summed E-state index contributed by atoms with van der Waals surface area (Å²) in [6.07, 6.45) is 11.7. The van der Waals surface area contributed by atoms with Crippen LogP contribution in [0.2, 0.25) is 0 Å². The van der Waals surface area contributed by atoms with Crippen LogP contribution in [0.5, 0.6) is 0 Å². The molecule has 0 unspecified atom stereocenters. The van der Waals surface area contributed by atoms with Gasteiger partial charge >= 0.3 is 0 Å². The van der Waals surface area contributed by atoms with Crippen LogP contribution < -0.4 is 0 Å². The fraction of sp³-hybridized carbons (Fsp3) is 0.500. The summed E-state index contributed by atoms with van der Waals surface area (Å²) in [7, 11) is 0. The fourth-order valence-electron chi connectivity index (χ4n) is 2.66. The molecule has 2 rings (SSSR count).